The highest BCUT2D eigenvalue weighted by Crippen LogP contribution is 2.10. The average molecular weight is 196 g/mol. The molecule has 0 rings (SSSR count). The summed E-state index contributed by atoms with van der Waals surface area (Å²) in [6, 6.07) is 0. The van der Waals surface area contributed by atoms with Crippen LogP contribution >= 0.6 is 0 Å². The molecule has 0 amide bonds. The second-order valence-electron chi connectivity index (χ2n) is 2.69. The lowest BCUT2D eigenvalue weighted by atomic mass is 10.1. The van der Waals surface area contributed by atoms with Crippen LogP contribution in [-0.4, -0.2) is 0 Å². The van der Waals surface area contributed by atoms with Crippen LogP contribution in [0.5, 0.6) is 0 Å². The number of allylic oxidation sites excluding steroid dienone is 4. The molecule has 0 unspecified atom stereocenters. The molecule has 0 aliphatic rings. The number of rotatable bonds is 5. The molecule has 0 bridgehead atoms. The van der Waals surface area contributed by atoms with Crippen LogP contribution in [0.4, 0.5) is 0 Å². The van der Waals surface area contributed by atoms with Gasteiger partial charge in [0.2, 0.25) is 0 Å². The summed E-state index contributed by atoms with van der Waals surface area (Å²) in [4.78, 5) is 0. The van der Waals surface area contributed by atoms with Crippen molar-refractivity contribution in [1.82, 2.24) is 0 Å². The molecule has 0 aliphatic heterocycles. The Balaban J connectivity index is -0.000000376. The summed E-state index contributed by atoms with van der Waals surface area (Å²) in [6.07, 6.45) is 7.37. The minimum absolute atomic E-state index is 0. The Kier molecular flexibility index (Phi) is 19.9. The van der Waals surface area contributed by atoms with Gasteiger partial charge in [-0.3, -0.25) is 0 Å². The summed E-state index contributed by atoms with van der Waals surface area (Å²) >= 11 is 0. The van der Waals surface area contributed by atoms with Gasteiger partial charge < -0.3 is 0 Å². The second-order valence-corrected chi connectivity index (χ2v) is 2.69. The third-order valence-corrected chi connectivity index (χ3v) is 1.64. The maximum atomic E-state index is 3.92. The van der Waals surface area contributed by atoms with E-state index in [-0.39, 0.29) is 7.43 Å². The maximum Gasteiger partial charge on any atom is -0.0282 e. The first-order valence-electron chi connectivity index (χ1n) is 5.25. The molecule has 0 heterocycles. The van der Waals surface area contributed by atoms with Crippen molar-refractivity contribution in [2.24, 2.45) is 0 Å². The smallest absolute Gasteiger partial charge is 0.0282 e. The van der Waals surface area contributed by atoms with Gasteiger partial charge in [-0.2, -0.15) is 0 Å². The molecule has 0 saturated heterocycles. The number of hydrogen-bond acceptors (Lipinski definition) is 0. The van der Waals surface area contributed by atoms with E-state index in [1.807, 2.05) is 19.9 Å². The molecule has 84 valence electrons. The summed E-state index contributed by atoms with van der Waals surface area (Å²) in [6.45, 7) is 16.0. The van der Waals surface area contributed by atoms with Crippen molar-refractivity contribution >= 4 is 0 Å². The first-order chi connectivity index (χ1) is 6.24. The minimum atomic E-state index is 0. The van der Waals surface area contributed by atoms with Crippen molar-refractivity contribution in [3.63, 3.8) is 0 Å². The summed E-state index contributed by atoms with van der Waals surface area (Å²) in [5, 5.41) is 0. The summed E-state index contributed by atoms with van der Waals surface area (Å²) in [7, 11) is 0. The highest BCUT2D eigenvalue weighted by molar-refractivity contribution is 5.26. The van der Waals surface area contributed by atoms with Gasteiger partial charge >= 0.3 is 0 Å². The molecule has 0 radical (unpaired) electrons. The van der Waals surface area contributed by atoms with Crippen LogP contribution in [0, 0.1) is 0 Å². The molecule has 0 spiro atoms. The van der Waals surface area contributed by atoms with Gasteiger partial charge in [-0.1, -0.05) is 72.4 Å². The van der Waals surface area contributed by atoms with E-state index in [9.17, 15) is 0 Å². The molecule has 14 heavy (non-hydrogen) atoms. The zero-order chi connectivity index (χ0) is 10.7. The largest absolute Gasteiger partial charge is 0.0988 e. The van der Waals surface area contributed by atoms with E-state index in [0.29, 0.717) is 0 Å². The molecule has 0 atom stereocenters. The Morgan fingerprint density at radius 2 is 1.71 bits per heavy atom. The van der Waals surface area contributed by atoms with Crippen LogP contribution in [0.2, 0.25) is 0 Å². The zero-order valence-electron chi connectivity index (χ0n) is 9.69. The van der Waals surface area contributed by atoms with E-state index in [1.165, 1.54) is 17.6 Å². The molecule has 0 heteroatoms. The van der Waals surface area contributed by atoms with Crippen molar-refractivity contribution in [1.29, 1.82) is 0 Å². The predicted molar refractivity (Wildman–Crippen MR) is 70.7 cm³/mol. The van der Waals surface area contributed by atoms with Gasteiger partial charge in [0, 0.05) is 0 Å². The quantitative estimate of drug-likeness (QED) is 0.507. The highest BCUT2D eigenvalue weighted by atomic mass is 14.0. The molecule has 0 aromatic rings. The summed E-state index contributed by atoms with van der Waals surface area (Å²) in [5.41, 5.74) is 2.49. The van der Waals surface area contributed by atoms with Gasteiger partial charge in [0.1, 0.15) is 0 Å². The second kappa shape index (κ2) is 14.7. The van der Waals surface area contributed by atoms with E-state index in [0.717, 1.165) is 12.8 Å². The summed E-state index contributed by atoms with van der Waals surface area (Å²) in [5.74, 6) is 0. The van der Waals surface area contributed by atoms with Crippen molar-refractivity contribution in [2.45, 2.75) is 54.4 Å². The molecule has 0 nitrogen and oxygen atoms in total. The highest BCUT2D eigenvalue weighted by Gasteiger charge is 1.90. The lowest BCUT2D eigenvalue weighted by molar-refractivity contribution is 0.923. The van der Waals surface area contributed by atoms with Crippen LogP contribution < -0.4 is 0 Å². The van der Waals surface area contributed by atoms with Gasteiger partial charge in [-0.15, -0.1) is 0 Å². The Labute approximate surface area is 91.4 Å². The van der Waals surface area contributed by atoms with Gasteiger partial charge in [0.25, 0.3) is 0 Å². The van der Waals surface area contributed by atoms with Gasteiger partial charge in [-0.05, 0) is 18.4 Å². The van der Waals surface area contributed by atoms with Gasteiger partial charge in [0.15, 0.2) is 0 Å². The van der Waals surface area contributed by atoms with Crippen molar-refractivity contribution < 1.29 is 0 Å². The van der Waals surface area contributed by atoms with E-state index in [1.54, 1.807) is 0 Å². The van der Waals surface area contributed by atoms with E-state index in [4.69, 9.17) is 0 Å². The Hall–Kier alpha value is -0.780. The Bertz CT molecular complexity index is 161. The fourth-order valence-corrected chi connectivity index (χ4v) is 0.886. The third-order valence-electron chi connectivity index (χ3n) is 1.64. The Morgan fingerprint density at radius 3 is 2.00 bits per heavy atom. The fourth-order valence-electron chi connectivity index (χ4n) is 0.886. The van der Waals surface area contributed by atoms with Crippen LogP contribution in [0.1, 0.15) is 54.4 Å². The molecule has 0 fully saturated rings. The Morgan fingerprint density at radius 1 is 1.21 bits per heavy atom. The third kappa shape index (κ3) is 11.2. The van der Waals surface area contributed by atoms with Crippen molar-refractivity contribution in [2.75, 3.05) is 0 Å². The fraction of sp³-hybridized carbons (Fsp3) is 0.571. The lowest BCUT2D eigenvalue weighted by Crippen LogP contribution is -1.79. The normalized spacial score (nSPS) is 9.29. The van der Waals surface area contributed by atoms with Gasteiger partial charge in [-0.25, -0.2) is 0 Å². The predicted octanol–water partition coefficient (Wildman–Crippen LogP) is 5.53. The van der Waals surface area contributed by atoms with E-state index < -0.39 is 0 Å². The number of hydrogen-bond donors (Lipinski definition) is 0. The van der Waals surface area contributed by atoms with Crippen molar-refractivity contribution in [3.8, 4) is 0 Å². The van der Waals surface area contributed by atoms with E-state index in [2.05, 4.69) is 33.1 Å². The van der Waals surface area contributed by atoms with Crippen LogP contribution in [0.15, 0.2) is 36.5 Å². The average Bonchev–Trinajstić information content (AvgIpc) is 2.20. The first-order valence-corrected chi connectivity index (χ1v) is 5.25. The minimum Gasteiger partial charge on any atom is -0.0988 e. The molecular formula is C14H28. The molecule has 0 aromatic carbocycles. The molecule has 0 aromatic heterocycles. The standard InChI is InChI=1S/C11H18.C2H6.CH4/c1-5-8-11(7-3)9-10(4)6-2;1-2;/h7,9H,3-6,8H2,1-2H3;1-2H3;1H4/b11-9+;;. The van der Waals surface area contributed by atoms with Crippen LogP contribution in [0.25, 0.3) is 0 Å². The van der Waals surface area contributed by atoms with Crippen LogP contribution in [-0.2, 0) is 0 Å². The van der Waals surface area contributed by atoms with Gasteiger partial charge in [0.05, 0.1) is 0 Å². The van der Waals surface area contributed by atoms with Crippen LogP contribution in [0.3, 0.4) is 0 Å². The topological polar surface area (TPSA) is 0 Å². The first kappa shape index (κ1) is 18.9. The molecule has 0 saturated carbocycles. The van der Waals surface area contributed by atoms with E-state index >= 15 is 0 Å². The SMILES string of the molecule is C.C=C/C(=C\C(=C)CC)CCC.CC. The molecule has 0 N–H and O–H groups in total. The zero-order valence-corrected chi connectivity index (χ0v) is 9.69. The lowest BCUT2D eigenvalue weighted by Gasteiger charge is -1.99. The molecular weight excluding hydrogens is 168 g/mol. The maximum absolute atomic E-state index is 3.92. The van der Waals surface area contributed by atoms with Crippen molar-refractivity contribution in [3.05, 3.63) is 36.5 Å². The molecule has 0 aliphatic carbocycles. The monoisotopic (exact) mass is 196 g/mol. The summed E-state index contributed by atoms with van der Waals surface area (Å²) < 4.78 is 0.